The van der Waals surface area contributed by atoms with Crippen molar-refractivity contribution in [3.63, 3.8) is 0 Å². The summed E-state index contributed by atoms with van der Waals surface area (Å²) >= 11 is 1.71. The summed E-state index contributed by atoms with van der Waals surface area (Å²) in [5.41, 5.74) is 1.08. The fourth-order valence-electron chi connectivity index (χ4n) is 3.08. The van der Waals surface area contributed by atoms with Crippen molar-refractivity contribution in [3.05, 3.63) is 18.3 Å². The van der Waals surface area contributed by atoms with Gasteiger partial charge in [0.25, 0.3) is 0 Å². The average Bonchev–Trinajstić information content (AvgIpc) is 2.54. The summed E-state index contributed by atoms with van der Waals surface area (Å²) in [4.78, 5) is 16.5. The molecule has 0 bridgehead atoms. The van der Waals surface area contributed by atoms with Gasteiger partial charge >= 0.3 is 0 Å². The number of carbonyl (C=O) groups is 1. The molecular weight excluding hydrogens is 282 g/mol. The van der Waals surface area contributed by atoms with Crippen LogP contribution >= 0.6 is 11.8 Å². The first-order chi connectivity index (χ1) is 10.3. The molecule has 1 aromatic rings. The molecule has 1 saturated carbocycles. The SMILES string of the molecule is O=C(CC1CNc2cccnc2S1)NCC1CCCCC1. The molecule has 2 N–H and O–H groups in total. The molecule has 1 aromatic heterocycles. The number of carbonyl (C=O) groups excluding carboxylic acids is 1. The Morgan fingerprint density at radius 2 is 2.24 bits per heavy atom. The van der Waals surface area contributed by atoms with E-state index in [-0.39, 0.29) is 11.2 Å². The van der Waals surface area contributed by atoms with Crippen LogP contribution in [0.3, 0.4) is 0 Å². The van der Waals surface area contributed by atoms with Crippen molar-refractivity contribution in [1.82, 2.24) is 10.3 Å². The topological polar surface area (TPSA) is 54.0 Å². The number of nitrogens with zero attached hydrogens (tertiary/aromatic N) is 1. The highest BCUT2D eigenvalue weighted by atomic mass is 32.2. The largest absolute Gasteiger partial charge is 0.382 e. The molecule has 3 rings (SSSR count). The van der Waals surface area contributed by atoms with Crippen molar-refractivity contribution < 1.29 is 4.79 Å². The Hall–Kier alpha value is -1.23. The molecule has 4 nitrogen and oxygen atoms in total. The van der Waals surface area contributed by atoms with E-state index in [0.717, 1.165) is 23.8 Å². The van der Waals surface area contributed by atoms with Crippen LogP contribution in [0.2, 0.25) is 0 Å². The van der Waals surface area contributed by atoms with Crippen molar-refractivity contribution in [2.45, 2.75) is 48.8 Å². The zero-order valence-electron chi connectivity index (χ0n) is 12.3. The number of anilines is 1. The van der Waals surface area contributed by atoms with E-state index < -0.39 is 0 Å². The summed E-state index contributed by atoms with van der Waals surface area (Å²) in [5, 5.41) is 7.77. The van der Waals surface area contributed by atoms with Crippen molar-refractivity contribution >= 4 is 23.4 Å². The van der Waals surface area contributed by atoms with Crippen LogP contribution < -0.4 is 10.6 Å². The summed E-state index contributed by atoms with van der Waals surface area (Å²) in [7, 11) is 0. The van der Waals surface area contributed by atoms with Crippen molar-refractivity contribution in [2.75, 3.05) is 18.4 Å². The maximum atomic E-state index is 12.1. The number of aromatic nitrogens is 1. The number of hydrogen-bond acceptors (Lipinski definition) is 4. The van der Waals surface area contributed by atoms with Crippen LogP contribution in [0.5, 0.6) is 0 Å². The first-order valence-electron chi connectivity index (χ1n) is 7.93. The zero-order chi connectivity index (χ0) is 14.5. The van der Waals surface area contributed by atoms with Crippen molar-refractivity contribution in [3.8, 4) is 0 Å². The van der Waals surface area contributed by atoms with E-state index in [0.29, 0.717) is 12.3 Å². The van der Waals surface area contributed by atoms with E-state index in [1.165, 1.54) is 32.1 Å². The van der Waals surface area contributed by atoms with Gasteiger partial charge in [-0.05, 0) is 30.9 Å². The van der Waals surface area contributed by atoms with Crippen LogP contribution in [0.15, 0.2) is 23.4 Å². The molecule has 1 aliphatic heterocycles. The molecule has 0 aromatic carbocycles. The number of hydrogen-bond donors (Lipinski definition) is 2. The maximum absolute atomic E-state index is 12.1. The Morgan fingerprint density at radius 3 is 3.10 bits per heavy atom. The molecule has 0 spiro atoms. The molecule has 1 atom stereocenters. The van der Waals surface area contributed by atoms with Gasteiger partial charge in [-0.1, -0.05) is 31.0 Å². The molecule has 0 radical (unpaired) electrons. The van der Waals surface area contributed by atoms with Gasteiger partial charge in [0.15, 0.2) is 0 Å². The van der Waals surface area contributed by atoms with E-state index in [9.17, 15) is 4.79 Å². The lowest BCUT2D eigenvalue weighted by Gasteiger charge is -2.25. The van der Waals surface area contributed by atoms with Gasteiger partial charge in [0, 0.05) is 31.0 Å². The number of amides is 1. The highest BCUT2D eigenvalue weighted by molar-refractivity contribution is 8.00. The second-order valence-corrected chi connectivity index (χ2v) is 7.28. The van der Waals surface area contributed by atoms with Gasteiger partial charge in [-0.25, -0.2) is 4.98 Å². The molecule has 1 aliphatic carbocycles. The van der Waals surface area contributed by atoms with E-state index in [1.54, 1.807) is 18.0 Å². The van der Waals surface area contributed by atoms with Crippen LogP contribution in [0.1, 0.15) is 38.5 Å². The minimum absolute atomic E-state index is 0.180. The van der Waals surface area contributed by atoms with Crippen LogP contribution in [-0.4, -0.2) is 29.2 Å². The Kier molecular flexibility index (Phi) is 5.01. The summed E-state index contributed by atoms with van der Waals surface area (Å²) in [6.45, 7) is 1.69. The molecule has 0 saturated heterocycles. The Morgan fingerprint density at radius 1 is 1.38 bits per heavy atom. The summed E-state index contributed by atoms with van der Waals surface area (Å²) in [6, 6.07) is 3.97. The van der Waals surface area contributed by atoms with Gasteiger partial charge in [-0.2, -0.15) is 0 Å². The predicted octanol–water partition coefficient (Wildman–Crippen LogP) is 3.05. The number of thioether (sulfide) groups is 1. The second-order valence-electron chi connectivity index (χ2n) is 5.99. The van der Waals surface area contributed by atoms with Gasteiger partial charge < -0.3 is 10.6 Å². The molecule has 1 fully saturated rings. The first-order valence-corrected chi connectivity index (χ1v) is 8.81. The number of nitrogens with one attached hydrogen (secondary N) is 2. The first kappa shape index (κ1) is 14.7. The highest BCUT2D eigenvalue weighted by Crippen LogP contribution is 2.34. The standard InChI is InChI=1S/C16H23N3OS/c20-15(19-10-12-5-2-1-3-6-12)9-13-11-18-14-7-4-8-17-16(14)21-13/h4,7-8,12-13,18H,1-3,5-6,9-11H2,(H,19,20). The monoisotopic (exact) mass is 305 g/mol. The lowest BCUT2D eigenvalue weighted by atomic mass is 9.89. The fourth-order valence-corrected chi connectivity index (χ4v) is 4.19. The number of rotatable bonds is 4. The molecule has 21 heavy (non-hydrogen) atoms. The molecule has 1 amide bonds. The number of pyridine rings is 1. The third kappa shape index (κ3) is 4.13. The Labute approximate surface area is 130 Å². The van der Waals surface area contributed by atoms with Gasteiger partial charge in [-0.3, -0.25) is 4.79 Å². The molecule has 114 valence electrons. The third-order valence-electron chi connectivity index (χ3n) is 4.30. The average molecular weight is 305 g/mol. The zero-order valence-corrected chi connectivity index (χ0v) is 13.1. The molecular formula is C16H23N3OS. The minimum atomic E-state index is 0.180. The van der Waals surface area contributed by atoms with Crippen molar-refractivity contribution in [1.29, 1.82) is 0 Å². The summed E-state index contributed by atoms with van der Waals surface area (Å²) in [6.07, 6.45) is 8.94. The second kappa shape index (κ2) is 7.16. The lowest BCUT2D eigenvalue weighted by Crippen LogP contribution is -2.34. The van der Waals surface area contributed by atoms with Gasteiger partial charge in [0.2, 0.25) is 5.91 Å². The van der Waals surface area contributed by atoms with Gasteiger partial charge in [0.1, 0.15) is 5.03 Å². The fraction of sp³-hybridized carbons (Fsp3) is 0.625. The third-order valence-corrected chi connectivity index (χ3v) is 5.51. The Bertz CT molecular complexity index is 488. The van der Waals surface area contributed by atoms with Crippen LogP contribution in [0.25, 0.3) is 0 Å². The van der Waals surface area contributed by atoms with Crippen molar-refractivity contribution in [2.24, 2.45) is 5.92 Å². The maximum Gasteiger partial charge on any atom is 0.221 e. The van der Waals surface area contributed by atoms with E-state index in [4.69, 9.17) is 0 Å². The highest BCUT2D eigenvalue weighted by Gasteiger charge is 2.22. The number of fused-ring (bicyclic) bond motifs is 1. The van der Waals surface area contributed by atoms with E-state index in [2.05, 4.69) is 15.6 Å². The molecule has 2 heterocycles. The summed E-state index contributed by atoms with van der Waals surface area (Å²) in [5.74, 6) is 0.876. The molecule has 1 unspecified atom stereocenters. The quantitative estimate of drug-likeness (QED) is 0.897. The Balaban J connectivity index is 1.43. The minimum Gasteiger partial charge on any atom is -0.382 e. The molecule has 2 aliphatic rings. The smallest absolute Gasteiger partial charge is 0.221 e. The van der Waals surface area contributed by atoms with Crippen LogP contribution in [0.4, 0.5) is 5.69 Å². The van der Waals surface area contributed by atoms with E-state index >= 15 is 0 Å². The van der Waals surface area contributed by atoms with Crippen LogP contribution in [-0.2, 0) is 4.79 Å². The normalized spacial score (nSPS) is 22.2. The molecule has 5 heteroatoms. The van der Waals surface area contributed by atoms with Gasteiger partial charge in [0.05, 0.1) is 5.69 Å². The summed E-state index contributed by atoms with van der Waals surface area (Å²) < 4.78 is 0. The predicted molar refractivity (Wildman–Crippen MR) is 86.6 cm³/mol. The van der Waals surface area contributed by atoms with Crippen LogP contribution in [0, 0.1) is 5.92 Å². The van der Waals surface area contributed by atoms with E-state index in [1.807, 2.05) is 12.1 Å². The van der Waals surface area contributed by atoms with Gasteiger partial charge in [-0.15, -0.1) is 0 Å². The lowest BCUT2D eigenvalue weighted by molar-refractivity contribution is -0.121.